The Bertz CT molecular complexity index is 677. The molecule has 7 heteroatoms. The summed E-state index contributed by atoms with van der Waals surface area (Å²) in [5.74, 6) is 0.651. The van der Waals surface area contributed by atoms with Crippen LogP contribution in [0.15, 0.2) is 34.2 Å². The van der Waals surface area contributed by atoms with Crippen molar-refractivity contribution in [2.75, 3.05) is 38.6 Å². The average molecular weight is 398 g/mol. The van der Waals surface area contributed by atoms with E-state index in [9.17, 15) is 8.42 Å². The van der Waals surface area contributed by atoms with Crippen LogP contribution in [0.1, 0.15) is 46.6 Å². The average Bonchev–Trinajstić information content (AvgIpc) is 2.60. The number of rotatable bonds is 10. The van der Waals surface area contributed by atoms with Gasteiger partial charge in [-0.25, -0.2) is 8.42 Å². The summed E-state index contributed by atoms with van der Waals surface area (Å²) in [6.45, 7) is 13.3. The van der Waals surface area contributed by atoms with E-state index in [-0.39, 0.29) is 11.2 Å². The Morgan fingerprint density at radius 1 is 1.11 bits per heavy atom. The lowest BCUT2D eigenvalue weighted by atomic mass is 9.87. The van der Waals surface area contributed by atoms with Gasteiger partial charge in [0.25, 0.3) is 0 Å². The van der Waals surface area contributed by atoms with Gasteiger partial charge >= 0.3 is 0 Å². The van der Waals surface area contributed by atoms with Gasteiger partial charge in [0.2, 0.25) is 0 Å². The molecular weight excluding hydrogens is 362 g/mol. The summed E-state index contributed by atoms with van der Waals surface area (Å²) in [6.07, 6.45) is 0.836. The summed E-state index contributed by atoms with van der Waals surface area (Å²) >= 11 is 0. The number of ether oxygens (including phenoxy) is 1. The second-order valence-corrected chi connectivity index (χ2v) is 9.44. The predicted molar refractivity (Wildman–Crippen MR) is 112 cm³/mol. The minimum Gasteiger partial charge on any atom is -0.382 e. The number of benzene rings is 1. The molecule has 0 saturated carbocycles. The lowest BCUT2D eigenvalue weighted by Gasteiger charge is -2.19. The molecule has 6 nitrogen and oxygen atoms in total. The van der Waals surface area contributed by atoms with Crippen LogP contribution < -0.4 is 10.6 Å². The number of nitrogens with one attached hydrogen (secondary N) is 2. The number of guanidine groups is 1. The largest absolute Gasteiger partial charge is 0.382 e. The van der Waals surface area contributed by atoms with E-state index in [0.717, 1.165) is 18.5 Å². The van der Waals surface area contributed by atoms with Crippen molar-refractivity contribution in [1.82, 2.24) is 10.6 Å². The molecule has 1 rings (SSSR count). The molecular formula is C20H35N3O3S. The molecule has 0 atom stereocenters. The van der Waals surface area contributed by atoms with E-state index < -0.39 is 9.84 Å². The zero-order chi connectivity index (χ0) is 20.3. The van der Waals surface area contributed by atoms with Gasteiger partial charge in [0.15, 0.2) is 15.8 Å². The highest BCUT2D eigenvalue weighted by Crippen LogP contribution is 2.23. The van der Waals surface area contributed by atoms with E-state index in [1.54, 1.807) is 12.1 Å². The molecule has 0 aromatic heterocycles. The van der Waals surface area contributed by atoms with Crippen LogP contribution in [0, 0.1) is 0 Å². The molecule has 0 aliphatic carbocycles. The fourth-order valence-corrected chi connectivity index (χ4v) is 3.58. The molecule has 0 saturated heterocycles. The van der Waals surface area contributed by atoms with Gasteiger partial charge in [-0.2, -0.15) is 0 Å². The van der Waals surface area contributed by atoms with Gasteiger partial charge in [-0.1, -0.05) is 32.9 Å². The van der Waals surface area contributed by atoms with Crippen LogP contribution in [0.2, 0.25) is 0 Å². The third-order valence-corrected chi connectivity index (χ3v) is 5.74. The van der Waals surface area contributed by atoms with E-state index in [1.165, 1.54) is 0 Å². The first kappa shape index (κ1) is 23.4. The Hall–Kier alpha value is -1.60. The van der Waals surface area contributed by atoms with Crippen LogP contribution in [0.25, 0.3) is 0 Å². The molecule has 0 fully saturated rings. The second kappa shape index (κ2) is 11.3. The molecule has 27 heavy (non-hydrogen) atoms. The van der Waals surface area contributed by atoms with Crippen molar-refractivity contribution < 1.29 is 13.2 Å². The molecule has 1 aromatic rings. The van der Waals surface area contributed by atoms with Gasteiger partial charge in [0.05, 0.1) is 10.6 Å². The molecule has 0 aliphatic rings. The highest BCUT2D eigenvalue weighted by molar-refractivity contribution is 7.91. The van der Waals surface area contributed by atoms with Crippen LogP contribution in [0.4, 0.5) is 0 Å². The van der Waals surface area contributed by atoms with Gasteiger partial charge in [0, 0.05) is 32.8 Å². The molecule has 154 valence electrons. The van der Waals surface area contributed by atoms with Crippen molar-refractivity contribution in [1.29, 1.82) is 0 Å². The van der Waals surface area contributed by atoms with E-state index >= 15 is 0 Å². The summed E-state index contributed by atoms with van der Waals surface area (Å²) in [5.41, 5.74) is 1.12. The lowest BCUT2D eigenvalue weighted by Crippen LogP contribution is -2.39. The Morgan fingerprint density at radius 2 is 1.78 bits per heavy atom. The van der Waals surface area contributed by atoms with Gasteiger partial charge in [-0.15, -0.1) is 0 Å². The van der Waals surface area contributed by atoms with Gasteiger partial charge in [-0.3, -0.25) is 4.99 Å². The van der Waals surface area contributed by atoms with Gasteiger partial charge in [-0.05, 0) is 43.4 Å². The van der Waals surface area contributed by atoms with Crippen molar-refractivity contribution in [3.63, 3.8) is 0 Å². The Labute approximate surface area is 164 Å². The minimum atomic E-state index is -3.33. The number of aliphatic imine (C=N–C) groups is 1. The summed E-state index contributed by atoms with van der Waals surface area (Å²) in [7, 11) is -3.33. The van der Waals surface area contributed by atoms with Crippen LogP contribution in [-0.2, 0) is 20.0 Å². The normalized spacial score (nSPS) is 12.9. The van der Waals surface area contributed by atoms with E-state index in [2.05, 4.69) is 36.4 Å². The smallest absolute Gasteiger partial charge is 0.191 e. The SMILES string of the molecule is CCNC(=NCCCOCC)NCCS(=O)(=O)c1ccc(C(C)(C)C)cc1. The number of nitrogens with zero attached hydrogens (tertiary/aromatic N) is 1. The molecule has 0 bridgehead atoms. The second-order valence-electron chi connectivity index (χ2n) is 7.33. The maximum atomic E-state index is 12.5. The van der Waals surface area contributed by atoms with Crippen LogP contribution in [-0.4, -0.2) is 53.0 Å². The molecule has 1 aromatic carbocycles. The van der Waals surface area contributed by atoms with Crippen LogP contribution in [0.5, 0.6) is 0 Å². The van der Waals surface area contributed by atoms with Crippen molar-refractivity contribution in [3.05, 3.63) is 29.8 Å². The highest BCUT2D eigenvalue weighted by atomic mass is 32.2. The summed E-state index contributed by atoms with van der Waals surface area (Å²) in [5, 5.41) is 6.22. The minimum absolute atomic E-state index is 0.00318. The maximum absolute atomic E-state index is 12.5. The summed E-state index contributed by atoms with van der Waals surface area (Å²) in [6, 6.07) is 7.18. The maximum Gasteiger partial charge on any atom is 0.191 e. The fraction of sp³-hybridized carbons (Fsp3) is 0.650. The van der Waals surface area contributed by atoms with E-state index in [4.69, 9.17) is 4.74 Å². The first-order valence-corrected chi connectivity index (χ1v) is 11.3. The van der Waals surface area contributed by atoms with Gasteiger partial charge < -0.3 is 15.4 Å². The first-order chi connectivity index (χ1) is 12.7. The molecule has 0 aliphatic heterocycles. The monoisotopic (exact) mass is 397 g/mol. The molecule has 0 radical (unpaired) electrons. The predicted octanol–water partition coefficient (Wildman–Crippen LogP) is 2.74. The molecule has 0 unspecified atom stereocenters. The first-order valence-electron chi connectivity index (χ1n) is 9.64. The lowest BCUT2D eigenvalue weighted by molar-refractivity contribution is 0.146. The number of hydrogen-bond acceptors (Lipinski definition) is 4. The van der Waals surface area contributed by atoms with Crippen molar-refractivity contribution >= 4 is 15.8 Å². The van der Waals surface area contributed by atoms with Crippen LogP contribution in [0.3, 0.4) is 0 Å². The highest BCUT2D eigenvalue weighted by Gasteiger charge is 2.17. The van der Waals surface area contributed by atoms with Gasteiger partial charge in [0.1, 0.15) is 0 Å². The third kappa shape index (κ3) is 8.75. The van der Waals surface area contributed by atoms with Crippen LogP contribution >= 0.6 is 0 Å². The quantitative estimate of drug-likeness (QED) is 0.360. The third-order valence-electron chi connectivity index (χ3n) is 4.01. The number of hydrogen-bond donors (Lipinski definition) is 2. The number of sulfone groups is 1. The van der Waals surface area contributed by atoms with Crippen molar-refractivity contribution in [3.8, 4) is 0 Å². The molecule has 0 amide bonds. The van der Waals surface area contributed by atoms with Crippen molar-refractivity contribution in [2.24, 2.45) is 4.99 Å². The Kier molecular flexibility index (Phi) is 9.80. The van der Waals surface area contributed by atoms with Crippen molar-refractivity contribution in [2.45, 2.75) is 51.3 Å². The zero-order valence-corrected chi connectivity index (χ0v) is 18.2. The zero-order valence-electron chi connectivity index (χ0n) is 17.3. The van der Waals surface area contributed by atoms with E-state index in [1.807, 2.05) is 26.0 Å². The van der Waals surface area contributed by atoms with E-state index in [0.29, 0.717) is 37.2 Å². The molecule has 0 heterocycles. The summed E-state index contributed by atoms with van der Waals surface area (Å²) in [4.78, 5) is 4.79. The fourth-order valence-electron chi connectivity index (χ4n) is 2.43. The molecule has 2 N–H and O–H groups in total. The summed E-state index contributed by atoms with van der Waals surface area (Å²) < 4.78 is 30.4. The standard InChI is InChI=1S/C20H35N3O3S/c1-6-21-19(22-13-8-15-26-7-2)23-14-16-27(24,25)18-11-9-17(10-12-18)20(3,4)5/h9-12H,6-8,13-16H2,1-5H3,(H2,21,22,23). The molecule has 0 spiro atoms. The Balaban J connectivity index is 2.59. The Morgan fingerprint density at radius 3 is 2.33 bits per heavy atom. The topological polar surface area (TPSA) is 79.8 Å².